The molecule has 0 atom stereocenters. The van der Waals surface area contributed by atoms with E-state index in [-0.39, 0.29) is 11.5 Å². The number of aromatic nitrogens is 3. The number of hydrogen-bond acceptors (Lipinski definition) is 5. The molecular formula is C10H8FN5O3. The summed E-state index contributed by atoms with van der Waals surface area (Å²) in [6.07, 6.45) is 0. The molecule has 19 heavy (non-hydrogen) atoms. The molecule has 2 rings (SSSR count). The van der Waals surface area contributed by atoms with Gasteiger partial charge in [0.1, 0.15) is 5.82 Å². The van der Waals surface area contributed by atoms with Crippen molar-refractivity contribution in [3.63, 3.8) is 0 Å². The van der Waals surface area contributed by atoms with Gasteiger partial charge in [0.05, 0.1) is 4.92 Å². The Morgan fingerprint density at radius 3 is 2.79 bits per heavy atom. The average Bonchev–Trinajstić information content (AvgIpc) is 2.75. The topological polar surface area (TPSA) is 114 Å². The SMILES string of the molecule is Cc1nc(C(=O)Nc2ccc([N+](=O)[O-])c(F)c2)n[nH]1. The van der Waals surface area contributed by atoms with E-state index in [2.05, 4.69) is 20.5 Å². The summed E-state index contributed by atoms with van der Waals surface area (Å²) in [6, 6.07) is 3.04. The number of nitro groups is 1. The van der Waals surface area contributed by atoms with Crippen molar-refractivity contribution in [3.8, 4) is 0 Å². The Kier molecular flexibility index (Phi) is 3.19. The van der Waals surface area contributed by atoms with E-state index >= 15 is 0 Å². The van der Waals surface area contributed by atoms with Gasteiger partial charge in [-0.25, -0.2) is 4.98 Å². The minimum absolute atomic E-state index is 0.0792. The third kappa shape index (κ3) is 2.70. The number of carbonyl (C=O) groups is 1. The Labute approximate surface area is 105 Å². The summed E-state index contributed by atoms with van der Waals surface area (Å²) in [4.78, 5) is 25.0. The van der Waals surface area contributed by atoms with Gasteiger partial charge in [-0.15, -0.1) is 5.10 Å². The number of amides is 1. The fourth-order valence-electron chi connectivity index (χ4n) is 1.36. The lowest BCUT2D eigenvalue weighted by atomic mass is 10.2. The largest absolute Gasteiger partial charge is 0.319 e. The molecule has 1 heterocycles. The maximum Gasteiger partial charge on any atom is 0.304 e. The molecule has 0 aliphatic heterocycles. The molecule has 0 unspecified atom stereocenters. The van der Waals surface area contributed by atoms with Crippen LogP contribution in [0.15, 0.2) is 18.2 Å². The third-order valence-corrected chi connectivity index (χ3v) is 2.20. The molecule has 0 fully saturated rings. The van der Waals surface area contributed by atoms with E-state index in [4.69, 9.17) is 0 Å². The van der Waals surface area contributed by atoms with Gasteiger partial charge in [0.15, 0.2) is 0 Å². The molecular weight excluding hydrogens is 257 g/mol. The molecule has 0 radical (unpaired) electrons. The van der Waals surface area contributed by atoms with Crippen LogP contribution in [0.1, 0.15) is 16.4 Å². The van der Waals surface area contributed by atoms with E-state index in [0.29, 0.717) is 5.82 Å². The van der Waals surface area contributed by atoms with Gasteiger partial charge in [-0.3, -0.25) is 20.0 Å². The van der Waals surface area contributed by atoms with Crippen molar-refractivity contribution in [1.29, 1.82) is 0 Å². The Morgan fingerprint density at radius 1 is 1.53 bits per heavy atom. The normalized spacial score (nSPS) is 10.2. The van der Waals surface area contributed by atoms with Crippen LogP contribution >= 0.6 is 0 Å². The number of anilines is 1. The first-order valence-corrected chi connectivity index (χ1v) is 5.11. The Hall–Kier alpha value is -2.84. The van der Waals surface area contributed by atoms with Crippen LogP contribution in [-0.4, -0.2) is 26.0 Å². The van der Waals surface area contributed by atoms with Crippen molar-refractivity contribution in [3.05, 3.63) is 45.8 Å². The second-order valence-electron chi connectivity index (χ2n) is 3.62. The van der Waals surface area contributed by atoms with Gasteiger partial charge < -0.3 is 5.32 Å². The van der Waals surface area contributed by atoms with Crippen molar-refractivity contribution in [2.24, 2.45) is 0 Å². The van der Waals surface area contributed by atoms with Gasteiger partial charge in [-0.2, -0.15) is 4.39 Å². The van der Waals surface area contributed by atoms with E-state index in [1.165, 1.54) is 6.07 Å². The Balaban J connectivity index is 2.18. The Bertz CT molecular complexity index is 654. The summed E-state index contributed by atoms with van der Waals surface area (Å²) in [5.41, 5.74) is -0.581. The number of hydrogen-bond donors (Lipinski definition) is 2. The van der Waals surface area contributed by atoms with E-state index in [1.807, 2.05) is 0 Å². The van der Waals surface area contributed by atoms with E-state index < -0.39 is 22.3 Å². The van der Waals surface area contributed by atoms with Crippen LogP contribution in [0.25, 0.3) is 0 Å². The van der Waals surface area contributed by atoms with E-state index in [0.717, 1.165) is 12.1 Å². The fraction of sp³-hybridized carbons (Fsp3) is 0.100. The number of benzene rings is 1. The molecule has 1 aromatic heterocycles. The minimum atomic E-state index is -1.03. The Morgan fingerprint density at radius 2 is 2.26 bits per heavy atom. The highest BCUT2D eigenvalue weighted by Gasteiger charge is 2.16. The van der Waals surface area contributed by atoms with Crippen LogP contribution < -0.4 is 5.32 Å². The number of halogens is 1. The number of aryl methyl sites for hydroxylation is 1. The number of nitrogens with one attached hydrogen (secondary N) is 2. The van der Waals surface area contributed by atoms with Crippen LogP contribution in [0.5, 0.6) is 0 Å². The summed E-state index contributed by atoms with van der Waals surface area (Å²) in [6.45, 7) is 1.62. The molecule has 8 nitrogen and oxygen atoms in total. The van der Waals surface area contributed by atoms with Gasteiger partial charge in [0.2, 0.25) is 11.6 Å². The average molecular weight is 265 g/mol. The zero-order valence-electron chi connectivity index (χ0n) is 9.68. The molecule has 1 aromatic carbocycles. The number of aromatic amines is 1. The zero-order chi connectivity index (χ0) is 14.0. The van der Waals surface area contributed by atoms with Crippen molar-refractivity contribution in [1.82, 2.24) is 15.2 Å². The molecule has 2 N–H and O–H groups in total. The maximum absolute atomic E-state index is 13.3. The molecule has 2 aromatic rings. The summed E-state index contributed by atoms with van der Waals surface area (Å²) in [7, 11) is 0. The first kappa shape index (κ1) is 12.6. The first-order valence-electron chi connectivity index (χ1n) is 5.11. The first-order chi connectivity index (χ1) is 8.97. The van der Waals surface area contributed by atoms with E-state index in [1.54, 1.807) is 6.92 Å². The highest BCUT2D eigenvalue weighted by atomic mass is 19.1. The lowest BCUT2D eigenvalue weighted by Gasteiger charge is -2.02. The van der Waals surface area contributed by atoms with Crippen LogP contribution in [-0.2, 0) is 0 Å². The zero-order valence-corrected chi connectivity index (χ0v) is 9.68. The molecule has 0 bridgehead atoms. The molecule has 1 amide bonds. The molecule has 0 saturated carbocycles. The summed E-state index contributed by atoms with van der Waals surface area (Å²) < 4.78 is 13.3. The van der Waals surface area contributed by atoms with Crippen molar-refractivity contribution < 1.29 is 14.1 Å². The smallest absolute Gasteiger partial charge is 0.304 e. The maximum atomic E-state index is 13.3. The summed E-state index contributed by atoms with van der Waals surface area (Å²) in [5.74, 6) is -1.32. The summed E-state index contributed by atoms with van der Waals surface area (Å²) >= 11 is 0. The second-order valence-corrected chi connectivity index (χ2v) is 3.62. The number of rotatable bonds is 3. The fourth-order valence-corrected chi connectivity index (χ4v) is 1.36. The molecule has 0 saturated heterocycles. The molecule has 0 aliphatic carbocycles. The standard InChI is InChI=1S/C10H8FN5O3/c1-5-12-9(15-14-5)10(17)13-6-2-3-8(16(18)19)7(11)4-6/h2-4H,1H3,(H,13,17)(H,12,14,15). The van der Waals surface area contributed by atoms with Crippen molar-refractivity contribution >= 4 is 17.3 Å². The molecule has 0 aliphatic rings. The van der Waals surface area contributed by atoms with Gasteiger partial charge in [-0.1, -0.05) is 0 Å². The van der Waals surface area contributed by atoms with Gasteiger partial charge in [0.25, 0.3) is 5.91 Å². The number of carbonyl (C=O) groups excluding carboxylic acids is 1. The van der Waals surface area contributed by atoms with Gasteiger partial charge in [0, 0.05) is 17.8 Å². The summed E-state index contributed by atoms with van der Waals surface area (Å²) in [5, 5.41) is 18.9. The highest BCUT2D eigenvalue weighted by Crippen LogP contribution is 2.20. The van der Waals surface area contributed by atoms with Gasteiger partial charge >= 0.3 is 5.69 Å². The lowest BCUT2D eigenvalue weighted by molar-refractivity contribution is -0.387. The molecule has 98 valence electrons. The third-order valence-electron chi connectivity index (χ3n) is 2.20. The minimum Gasteiger partial charge on any atom is -0.319 e. The number of nitro benzene ring substituents is 1. The highest BCUT2D eigenvalue weighted by molar-refractivity contribution is 6.01. The predicted octanol–water partition coefficient (Wildman–Crippen LogP) is 1.41. The second kappa shape index (κ2) is 4.80. The van der Waals surface area contributed by atoms with Gasteiger partial charge in [-0.05, 0) is 13.0 Å². The van der Waals surface area contributed by atoms with Crippen LogP contribution in [0.3, 0.4) is 0 Å². The number of nitrogens with zero attached hydrogens (tertiary/aromatic N) is 3. The van der Waals surface area contributed by atoms with E-state index in [9.17, 15) is 19.3 Å². The molecule has 0 spiro atoms. The lowest BCUT2D eigenvalue weighted by Crippen LogP contribution is -2.14. The van der Waals surface area contributed by atoms with Crippen LogP contribution in [0.2, 0.25) is 0 Å². The monoisotopic (exact) mass is 265 g/mol. The predicted molar refractivity (Wildman–Crippen MR) is 62.1 cm³/mol. The van der Waals surface area contributed by atoms with Crippen molar-refractivity contribution in [2.45, 2.75) is 6.92 Å². The van der Waals surface area contributed by atoms with Crippen LogP contribution in [0, 0.1) is 22.9 Å². The molecule has 9 heteroatoms. The van der Waals surface area contributed by atoms with Crippen molar-refractivity contribution in [2.75, 3.05) is 5.32 Å². The number of H-pyrrole nitrogens is 1. The quantitative estimate of drug-likeness (QED) is 0.643. The van der Waals surface area contributed by atoms with Crippen LogP contribution in [0.4, 0.5) is 15.8 Å².